The van der Waals surface area contributed by atoms with Gasteiger partial charge >= 0.3 is 5.69 Å². The van der Waals surface area contributed by atoms with Crippen molar-refractivity contribution in [2.45, 2.75) is 44.1 Å². The number of ether oxygens (including phenoxy) is 3. The van der Waals surface area contributed by atoms with E-state index in [1.54, 1.807) is 12.1 Å². The molecular weight excluding hydrogens is 412 g/mol. The topological polar surface area (TPSA) is 91.1 Å². The molecule has 2 aliphatic heterocycles. The van der Waals surface area contributed by atoms with Gasteiger partial charge < -0.3 is 19.1 Å². The lowest BCUT2D eigenvalue weighted by molar-refractivity contribution is -0.385. The Hall–Kier alpha value is -3.29. The van der Waals surface area contributed by atoms with Crippen LogP contribution in [-0.4, -0.2) is 42.1 Å². The Balaban J connectivity index is 1.43. The average molecular weight is 438 g/mol. The van der Waals surface area contributed by atoms with Crippen LogP contribution in [0.3, 0.4) is 0 Å². The molecule has 0 radical (unpaired) electrons. The van der Waals surface area contributed by atoms with Gasteiger partial charge in [-0.25, -0.2) is 0 Å². The third kappa shape index (κ3) is 3.43. The van der Waals surface area contributed by atoms with Gasteiger partial charge in [0.25, 0.3) is 5.91 Å². The van der Waals surface area contributed by atoms with Crippen LogP contribution in [0.1, 0.15) is 49.8 Å². The highest BCUT2D eigenvalue weighted by Gasteiger charge is 2.46. The first-order chi connectivity index (χ1) is 15.5. The number of rotatable bonds is 4. The van der Waals surface area contributed by atoms with Crippen LogP contribution in [-0.2, 0) is 10.2 Å². The summed E-state index contributed by atoms with van der Waals surface area (Å²) in [5.74, 6) is 1.43. The summed E-state index contributed by atoms with van der Waals surface area (Å²) in [5.41, 5.74) is 2.09. The second kappa shape index (κ2) is 8.00. The van der Waals surface area contributed by atoms with Crippen molar-refractivity contribution in [1.29, 1.82) is 0 Å². The third-order valence-corrected chi connectivity index (χ3v) is 6.97. The predicted octanol–water partition coefficient (Wildman–Crippen LogP) is 4.16. The molecule has 3 aliphatic rings. The van der Waals surface area contributed by atoms with Crippen LogP contribution in [0.4, 0.5) is 5.69 Å². The number of carbonyl (C=O) groups excluding carboxylic acids is 1. The molecule has 1 unspecified atom stereocenters. The molecule has 1 saturated carbocycles. The summed E-state index contributed by atoms with van der Waals surface area (Å²) in [6.07, 6.45) is 4.27. The fourth-order valence-corrected chi connectivity index (χ4v) is 5.36. The first-order valence-electron chi connectivity index (χ1n) is 11.1. The molecule has 2 aromatic rings. The molecular formula is C24H26N2O6. The van der Waals surface area contributed by atoms with E-state index in [0.29, 0.717) is 19.8 Å². The Labute approximate surface area is 186 Å². The maximum Gasteiger partial charge on any atom is 0.310 e. The van der Waals surface area contributed by atoms with E-state index in [9.17, 15) is 14.9 Å². The van der Waals surface area contributed by atoms with E-state index in [-0.39, 0.29) is 35.4 Å². The zero-order valence-electron chi connectivity index (χ0n) is 18.0. The van der Waals surface area contributed by atoms with Crippen LogP contribution in [0.15, 0.2) is 36.4 Å². The number of fused-ring (bicyclic) bond motifs is 3. The van der Waals surface area contributed by atoms with Crippen molar-refractivity contribution < 1.29 is 23.9 Å². The molecule has 8 heteroatoms. The van der Waals surface area contributed by atoms with Gasteiger partial charge in [-0.2, -0.15) is 0 Å². The van der Waals surface area contributed by atoms with E-state index in [0.717, 1.165) is 42.7 Å². The highest BCUT2D eigenvalue weighted by atomic mass is 16.6. The van der Waals surface area contributed by atoms with E-state index < -0.39 is 4.92 Å². The van der Waals surface area contributed by atoms with Gasteiger partial charge in [-0.1, -0.05) is 25.0 Å². The molecule has 2 aromatic carbocycles. The number of para-hydroxylation sites is 2. The van der Waals surface area contributed by atoms with Gasteiger partial charge in [0, 0.05) is 18.0 Å². The van der Waals surface area contributed by atoms with Crippen LogP contribution >= 0.6 is 0 Å². The van der Waals surface area contributed by atoms with Crippen molar-refractivity contribution >= 4 is 11.6 Å². The predicted molar refractivity (Wildman–Crippen MR) is 116 cm³/mol. The molecule has 32 heavy (non-hydrogen) atoms. The minimum absolute atomic E-state index is 0.103. The van der Waals surface area contributed by atoms with Gasteiger partial charge in [0.15, 0.2) is 23.9 Å². The largest absolute Gasteiger partial charge is 0.486 e. The Kier molecular flexibility index (Phi) is 5.15. The first kappa shape index (κ1) is 20.6. The second-order valence-corrected chi connectivity index (χ2v) is 8.78. The minimum atomic E-state index is -0.502. The summed E-state index contributed by atoms with van der Waals surface area (Å²) >= 11 is 0. The number of benzene rings is 2. The lowest BCUT2D eigenvalue weighted by Crippen LogP contribution is -2.50. The van der Waals surface area contributed by atoms with E-state index in [1.165, 1.54) is 17.7 Å². The van der Waals surface area contributed by atoms with Crippen molar-refractivity contribution in [2.24, 2.45) is 0 Å². The molecule has 1 spiro atoms. The third-order valence-electron chi connectivity index (χ3n) is 6.97. The normalized spacial score (nSPS) is 20.7. The molecule has 0 N–H and O–H groups in total. The maximum absolute atomic E-state index is 13.3. The van der Waals surface area contributed by atoms with Gasteiger partial charge in [-0.3, -0.25) is 14.9 Å². The molecule has 5 rings (SSSR count). The minimum Gasteiger partial charge on any atom is -0.486 e. The summed E-state index contributed by atoms with van der Waals surface area (Å²) in [6.45, 7) is 3.43. The molecule has 1 fully saturated rings. The second-order valence-electron chi connectivity index (χ2n) is 8.78. The number of nitro groups is 1. The molecule has 1 amide bonds. The number of nitrogens with zero attached hydrogens (tertiary/aromatic N) is 2. The number of carbonyl (C=O) groups is 1. The highest BCUT2D eigenvalue weighted by Crippen LogP contribution is 2.51. The highest BCUT2D eigenvalue weighted by molar-refractivity contribution is 5.79. The van der Waals surface area contributed by atoms with Crippen LogP contribution in [0.25, 0.3) is 0 Å². The van der Waals surface area contributed by atoms with Crippen molar-refractivity contribution in [3.8, 4) is 17.2 Å². The SMILES string of the molecule is CC1c2cc3c(cc2C2(CCCC2)CN1C(=O)COc1ccccc1[N+](=O)[O-])OCCO3. The first-order valence-corrected chi connectivity index (χ1v) is 11.1. The lowest BCUT2D eigenvalue weighted by atomic mass is 9.71. The van der Waals surface area contributed by atoms with Crippen molar-refractivity contribution in [3.63, 3.8) is 0 Å². The van der Waals surface area contributed by atoms with Crippen molar-refractivity contribution in [1.82, 2.24) is 4.90 Å². The molecule has 0 aromatic heterocycles. The Morgan fingerprint density at radius 1 is 1.19 bits per heavy atom. The number of nitro benzene ring substituents is 1. The Bertz CT molecular complexity index is 1060. The number of hydrogen-bond donors (Lipinski definition) is 0. The van der Waals surface area contributed by atoms with Gasteiger partial charge in [-0.15, -0.1) is 0 Å². The Morgan fingerprint density at radius 2 is 1.88 bits per heavy atom. The van der Waals surface area contributed by atoms with E-state index in [2.05, 4.69) is 6.07 Å². The van der Waals surface area contributed by atoms with Gasteiger partial charge in [-0.05, 0) is 49.1 Å². The molecule has 0 bridgehead atoms. The van der Waals surface area contributed by atoms with Crippen LogP contribution in [0.2, 0.25) is 0 Å². The molecule has 1 atom stereocenters. The monoisotopic (exact) mass is 438 g/mol. The summed E-state index contributed by atoms with van der Waals surface area (Å²) in [5, 5.41) is 11.3. The van der Waals surface area contributed by atoms with E-state index >= 15 is 0 Å². The van der Waals surface area contributed by atoms with Crippen LogP contribution in [0, 0.1) is 10.1 Å². The fraction of sp³-hybridized carbons (Fsp3) is 0.458. The fourth-order valence-electron chi connectivity index (χ4n) is 5.36. The molecule has 2 heterocycles. The van der Waals surface area contributed by atoms with Crippen molar-refractivity contribution in [3.05, 3.63) is 57.6 Å². The smallest absolute Gasteiger partial charge is 0.310 e. The molecule has 8 nitrogen and oxygen atoms in total. The van der Waals surface area contributed by atoms with E-state index in [1.807, 2.05) is 17.9 Å². The van der Waals surface area contributed by atoms with Crippen LogP contribution < -0.4 is 14.2 Å². The quantitative estimate of drug-likeness (QED) is 0.526. The molecule has 0 saturated heterocycles. The zero-order chi connectivity index (χ0) is 22.3. The standard InChI is InChI=1S/C24H26N2O6/c1-16-17-12-21-22(31-11-10-30-21)13-18(17)24(8-4-5-9-24)15-25(16)23(27)14-32-20-7-3-2-6-19(20)26(28)29/h2-3,6-7,12-13,16H,4-5,8-11,14-15H2,1H3. The van der Waals surface area contributed by atoms with Gasteiger partial charge in [0.05, 0.1) is 11.0 Å². The Morgan fingerprint density at radius 3 is 2.59 bits per heavy atom. The summed E-state index contributed by atoms with van der Waals surface area (Å²) < 4.78 is 17.3. The lowest BCUT2D eigenvalue weighted by Gasteiger charge is -2.46. The summed E-state index contributed by atoms with van der Waals surface area (Å²) in [6, 6.07) is 10.1. The molecule has 168 valence electrons. The maximum atomic E-state index is 13.3. The summed E-state index contributed by atoms with van der Waals surface area (Å²) in [7, 11) is 0. The zero-order valence-corrected chi connectivity index (χ0v) is 18.0. The van der Waals surface area contributed by atoms with Crippen molar-refractivity contribution in [2.75, 3.05) is 26.4 Å². The summed E-state index contributed by atoms with van der Waals surface area (Å²) in [4.78, 5) is 25.9. The van der Waals surface area contributed by atoms with Crippen LogP contribution in [0.5, 0.6) is 17.2 Å². The average Bonchev–Trinajstić information content (AvgIpc) is 3.28. The van der Waals surface area contributed by atoms with Gasteiger partial charge in [0.1, 0.15) is 13.2 Å². The number of amides is 1. The number of hydrogen-bond acceptors (Lipinski definition) is 6. The van der Waals surface area contributed by atoms with Gasteiger partial charge in [0.2, 0.25) is 0 Å². The molecule has 1 aliphatic carbocycles. The van der Waals surface area contributed by atoms with E-state index in [4.69, 9.17) is 14.2 Å².